The maximum Gasteiger partial charge on any atom is 0.397 e. The van der Waals surface area contributed by atoms with E-state index in [1.165, 1.54) is 0 Å². The highest BCUT2D eigenvalue weighted by Crippen LogP contribution is 2.19. The molecule has 0 fully saturated rings. The molecule has 0 atom stereocenters. The van der Waals surface area contributed by atoms with Crippen molar-refractivity contribution in [1.29, 1.82) is 0 Å². The van der Waals surface area contributed by atoms with Crippen LogP contribution in [0.5, 0.6) is 0 Å². The number of hydrogen-bond acceptors (Lipinski definition) is 4. The summed E-state index contributed by atoms with van der Waals surface area (Å²) in [5.41, 5.74) is 1.67. The predicted molar refractivity (Wildman–Crippen MR) is 70.7 cm³/mol. The van der Waals surface area contributed by atoms with Gasteiger partial charge in [0, 0.05) is 6.54 Å². The van der Waals surface area contributed by atoms with Crippen LogP contribution in [0.15, 0.2) is 24.3 Å². The molecule has 19 heavy (non-hydrogen) atoms. The lowest BCUT2D eigenvalue weighted by Gasteiger charge is -2.06. The number of esters is 1. The number of para-hydroxylation sites is 2. The summed E-state index contributed by atoms with van der Waals surface area (Å²) in [5, 5.41) is 2.47. The van der Waals surface area contributed by atoms with E-state index in [2.05, 4.69) is 15.0 Å². The lowest BCUT2D eigenvalue weighted by Crippen LogP contribution is -2.26. The monoisotopic (exact) mass is 261 g/mol. The normalized spacial score (nSPS) is 10.4. The van der Waals surface area contributed by atoms with Crippen molar-refractivity contribution in [1.82, 2.24) is 9.55 Å². The molecular formula is C13H15N3O3. The second-order valence-electron chi connectivity index (χ2n) is 3.84. The Labute approximate surface area is 110 Å². The predicted octanol–water partition coefficient (Wildman–Crippen LogP) is 1.56. The second-order valence-corrected chi connectivity index (χ2v) is 3.84. The van der Waals surface area contributed by atoms with Crippen molar-refractivity contribution < 1.29 is 14.3 Å². The molecule has 1 amide bonds. The molecule has 1 N–H and O–H groups in total. The first-order valence-corrected chi connectivity index (χ1v) is 6.10. The van der Waals surface area contributed by atoms with Crippen LogP contribution in [0.3, 0.4) is 0 Å². The smallest absolute Gasteiger partial charge is 0.397 e. The van der Waals surface area contributed by atoms with Gasteiger partial charge in [-0.1, -0.05) is 12.1 Å². The summed E-state index contributed by atoms with van der Waals surface area (Å²) in [5.74, 6) is -1.37. The lowest BCUT2D eigenvalue weighted by molar-refractivity contribution is -0.152. The summed E-state index contributed by atoms with van der Waals surface area (Å²) < 4.78 is 6.46. The van der Waals surface area contributed by atoms with Gasteiger partial charge in [0.1, 0.15) is 0 Å². The van der Waals surface area contributed by atoms with E-state index in [4.69, 9.17) is 0 Å². The maximum atomic E-state index is 11.6. The zero-order valence-corrected chi connectivity index (χ0v) is 10.8. The molecule has 6 heteroatoms. The molecule has 0 aliphatic rings. The Hall–Kier alpha value is -2.37. The van der Waals surface area contributed by atoms with Gasteiger partial charge in [-0.15, -0.1) is 0 Å². The fourth-order valence-corrected chi connectivity index (χ4v) is 1.84. The highest BCUT2D eigenvalue weighted by molar-refractivity contribution is 6.37. The van der Waals surface area contributed by atoms with Crippen LogP contribution in [0, 0.1) is 0 Å². The Bertz CT molecular complexity index is 619. The third-order valence-corrected chi connectivity index (χ3v) is 2.66. The molecule has 6 nitrogen and oxygen atoms in total. The molecule has 0 aliphatic carbocycles. The minimum atomic E-state index is -0.905. The molecule has 0 saturated heterocycles. The Morgan fingerprint density at radius 2 is 2.05 bits per heavy atom. The van der Waals surface area contributed by atoms with E-state index in [0.717, 1.165) is 11.0 Å². The molecule has 2 rings (SSSR count). The van der Waals surface area contributed by atoms with Gasteiger partial charge in [-0.3, -0.25) is 10.1 Å². The molecule has 0 aliphatic heterocycles. The second kappa shape index (κ2) is 5.51. The minimum Gasteiger partial charge on any atom is -0.459 e. The van der Waals surface area contributed by atoms with Crippen LogP contribution in [-0.4, -0.2) is 28.0 Å². The van der Waals surface area contributed by atoms with E-state index < -0.39 is 11.9 Å². The van der Waals surface area contributed by atoms with Crippen molar-refractivity contribution in [3.63, 3.8) is 0 Å². The molecular weight excluding hydrogens is 246 g/mol. The van der Waals surface area contributed by atoms with Gasteiger partial charge < -0.3 is 9.30 Å². The number of carbonyl (C=O) groups excluding carboxylic acids is 2. The van der Waals surface area contributed by atoms with Crippen LogP contribution >= 0.6 is 0 Å². The molecule has 1 heterocycles. The quantitative estimate of drug-likeness (QED) is 0.672. The third kappa shape index (κ3) is 2.57. The van der Waals surface area contributed by atoms with Crippen LogP contribution in [-0.2, 0) is 20.9 Å². The molecule has 0 radical (unpaired) electrons. The van der Waals surface area contributed by atoms with E-state index >= 15 is 0 Å². The van der Waals surface area contributed by atoms with Crippen molar-refractivity contribution >= 4 is 28.9 Å². The molecule has 1 aromatic heterocycles. The van der Waals surface area contributed by atoms with Gasteiger partial charge in [0.15, 0.2) is 0 Å². The standard InChI is InChI=1S/C13H15N3O3/c1-3-16-10-8-6-5-7-9(10)14-13(16)15-11(17)12(18)19-4-2/h5-8H,3-4H2,1-2H3,(H,14,15,17). The van der Waals surface area contributed by atoms with Gasteiger partial charge in [0.2, 0.25) is 5.95 Å². The van der Waals surface area contributed by atoms with Crippen LogP contribution < -0.4 is 5.32 Å². The first kappa shape index (κ1) is 13.1. The molecule has 0 bridgehead atoms. The van der Waals surface area contributed by atoms with E-state index in [-0.39, 0.29) is 6.61 Å². The summed E-state index contributed by atoms with van der Waals surface area (Å²) in [7, 11) is 0. The zero-order chi connectivity index (χ0) is 13.8. The number of amides is 1. The molecule has 0 saturated carbocycles. The number of fused-ring (bicyclic) bond motifs is 1. The fraction of sp³-hybridized carbons (Fsp3) is 0.308. The minimum absolute atomic E-state index is 0.163. The van der Waals surface area contributed by atoms with Crippen molar-refractivity contribution in [3.8, 4) is 0 Å². The van der Waals surface area contributed by atoms with E-state index in [0.29, 0.717) is 12.5 Å². The molecule has 0 unspecified atom stereocenters. The highest BCUT2D eigenvalue weighted by atomic mass is 16.5. The van der Waals surface area contributed by atoms with Crippen LogP contribution in [0.2, 0.25) is 0 Å². The number of imidazole rings is 1. The number of nitrogens with one attached hydrogen (secondary N) is 1. The van der Waals surface area contributed by atoms with Crippen LogP contribution in [0.4, 0.5) is 5.95 Å². The number of carbonyl (C=O) groups is 2. The molecule has 2 aromatic rings. The molecule has 0 spiro atoms. The number of anilines is 1. The van der Waals surface area contributed by atoms with E-state index in [1.54, 1.807) is 6.92 Å². The Kier molecular flexibility index (Phi) is 3.79. The largest absolute Gasteiger partial charge is 0.459 e. The van der Waals surface area contributed by atoms with Crippen molar-refractivity contribution in [2.75, 3.05) is 11.9 Å². The summed E-state index contributed by atoms with van der Waals surface area (Å²) >= 11 is 0. The Morgan fingerprint density at radius 1 is 1.32 bits per heavy atom. The number of aromatic nitrogens is 2. The topological polar surface area (TPSA) is 73.2 Å². The van der Waals surface area contributed by atoms with Crippen molar-refractivity contribution in [2.45, 2.75) is 20.4 Å². The van der Waals surface area contributed by atoms with Gasteiger partial charge in [-0.05, 0) is 26.0 Å². The SMILES string of the molecule is CCOC(=O)C(=O)Nc1nc2ccccc2n1CC. The zero-order valence-electron chi connectivity index (χ0n) is 10.8. The van der Waals surface area contributed by atoms with Gasteiger partial charge >= 0.3 is 11.9 Å². The Balaban J connectivity index is 2.30. The van der Waals surface area contributed by atoms with Gasteiger partial charge in [0.25, 0.3) is 0 Å². The highest BCUT2D eigenvalue weighted by Gasteiger charge is 2.18. The number of benzene rings is 1. The van der Waals surface area contributed by atoms with Gasteiger partial charge in [-0.25, -0.2) is 9.78 Å². The van der Waals surface area contributed by atoms with Gasteiger partial charge in [-0.2, -0.15) is 0 Å². The third-order valence-electron chi connectivity index (χ3n) is 2.66. The first-order valence-electron chi connectivity index (χ1n) is 6.10. The van der Waals surface area contributed by atoms with Gasteiger partial charge in [0.05, 0.1) is 17.6 Å². The number of hydrogen-bond donors (Lipinski definition) is 1. The maximum absolute atomic E-state index is 11.6. The summed E-state index contributed by atoms with van der Waals surface area (Å²) in [6.45, 7) is 4.38. The summed E-state index contributed by atoms with van der Waals surface area (Å²) in [6.07, 6.45) is 0. The summed E-state index contributed by atoms with van der Waals surface area (Å²) in [4.78, 5) is 27.2. The lowest BCUT2D eigenvalue weighted by atomic mass is 10.3. The molecule has 100 valence electrons. The van der Waals surface area contributed by atoms with Crippen LogP contribution in [0.25, 0.3) is 11.0 Å². The average molecular weight is 261 g/mol. The molecule has 1 aromatic carbocycles. The summed E-state index contributed by atoms with van der Waals surface area (Å²) in [6, 6.07) is 7.52. The number of rotatable bonds is 3. The number of ether oxygens (including phenoxy) is 1. The fourth-order valence-electron chi connectivity index (χ4n) is 1.84. The van der Waals surface area contributed by atoms with E-state index in [9.17, 15) is 9.59 Å². The van der Waals surface area contributed by atoms with Crippen molar-refractivity contribution in [2.24, 2.45) is 0 Å². The van der Waals surface area contributed by atoms with Crippen LogP contribution in [0.1, 0.15) is 13.8 Å². The first-order chi connectivity index (χ1) is 9.17. The Morgan fingerprint density at radius 3 is 2.74 bits per heavy atom. The number of nitrogens with zero attached hydrogens (tertiary/aromatic N) is 2. The van der Waals surface area contributed by atoms with E-state index in [1.807, 2.05) is 35.8 Å². The average Bonchev–Trinajstić information content (AvgIpc) is 2.75. The number of aryl methyl sites for hydroxylation is 1. The van der Waals surface area contributed by atoms with Crippen molar-refractivity contribution in [3.05, 3.63) is 24.3 Å².